The van der Waals surface area contributed by atoms with Crippen molar-refractivity contribution >= 4 is 5.78 Å². The third kappa shape index (κ3) is 4.10. The summed E-state index contributed by atoms with van der Waals surface area (Å²) >= 11 is 0. The number of hydrogen-bond acceptors (Lipinski definition) is 3. The molecule has 3 nitrogen and oxygen atoms in total. The van der Waals surface area contributed by atoms with Crippen LogP contribution in [0.15, 0.2) is 48.5 Å². The van der Waals surface area contributed by atoms with Crippen molar-refractivity contribution in [2.45, 2.75) is 25.7 Å². The van der Waals surface area contributed by atoms with Gasteiger partial charge in [0.05, 0.1) is 14.2 Å². The summed E-state index contributed by atoms with van der Waals surface area (Å²) in [5.41, 5.74) is 2.18. The Morgan fingerprint density at radius 1 is 0.909 bits per heavy atom. The number of aryl methyl sites for hydroxylation is 1. The normalized spacial score (nSPS) is 11.8. The highest BCUT2D eigenvalue weighted by Crippen LogP contribution is 2.22. The zero-order chi connectivity index (χ0) is 15.9. The van der Waals surface area contributed by atoms with Gasteiger partial charge in [0.1, 0.15) is 17.3 Å². The highest BCUT2D eigenvalue weighted by molar-refractivity contribution is 5.85. The van der Waals surface area contributed by atoms with Crippen LogP contribution in [-0.4, -0.2) is 20.0 Å². The summed E-state index contributed by atoms with van der Waals surface area (Å²) in [6.07, 6.45) is 1.29. The molecular formula is C19H22O3. The Kier molecular flexibility index (Phi) is 5.59. The van der Waals surface area contributed by atoms with Crippen molar-refractivity contribution in [2.24, 2.45) is 0 Å². The molecule has 2 aromatic rings. The molecular weight excluding hydrogens is 276 g/mol. The van der Waals surface area contributed by atoms with Crippen LogP contribution in [0.25, 0.3) is 0 Å². The number of ketones is 1. The molecule has 0 amide bonds. The van der Waals surface area contributed by atoms with Gasteiger partial charge in [0.25, 0.3) is 0 Å². The van der Waals surface area contributed by atoms with Gasteiger partial charge in [0, 0.05) is 12.3 Å². The lowest BCUT2D eigenvalue weighted by Gasteiger charge is -2.12. The molecule has 2 rings (SSSR count). The first-order valence-corrected chi connectivity index (χ1v) is 7.43. The lowest BCUT2D eigenvalue weighted by atomic mass is 9.93. The van der Waals surface area contributed by atoms with E-state index in [9.17, 15) is 4.79 Å². The van der Waals surface area contributed by atoms with E-state index in [4.69, 9.17) is 9.47 Å². The van der Waals surface area contributed by atoms with Crippen molar-refractivity contribution in [1.82, 2.24) is 0 Å². The van der Waals surface area contributed by atoms with Crippen molar-refractivity contribution in [1.29, 1.82) is 0 Å². The SMILES string of the molecule is COc1ccc(CCC(=O)[C@H](C)c2ccc(OC)cc2)cc1. The maximum Gasteiger partial charge on any atom is 0.140 e. The second-order valence-electron chi connectivity index (χ2n) is 5.31. The van der Waals surface area contributed by atoms with Crippen LogP contribution < -0.4 is 9.47 Å². The molecule has 2 aromatic carbocycles. The number of rotatable bonds is 7. The third-order valence-corrected chi connectivity index (χ3v) is 3.92. The second kappa shape index (κ2) is 7.64. The number of ether oxygens (including phenoxy) is 2. The minimum atomic E-state index is -0.0934. The summed E-state index contributed by atoms with van der Waals surface area (Å²) in [4.78, 5) is 12.3. The first kappa shape index (κ1) is 16.1. The van der Waals surface area contributed by atoms with Crippen molar-refractivity contribution in [2.75, 3.05) is 14.2 Å². The molecule has 1 atom stereocenters. The highest BCUT2D eigenvalue weighted by atomic mass is 16.5. The molecule has 0 heterocycles. The van der Waals surface area contributed by atoms with Gasteiger partial charge >= 0.3 is 0 Å². The molecule has 0 unspecified atom stereocenters. The van der Waals surface area contributed by atoms with E-state index in [0.717, 1.165) is 29.0 Å². The lowest BCUT2D eigenvalue weighted by molar-refractivity contribution is -0.120. The molecule has 0 aliphatic rings. The van der Waals surface area contributed by atoms with Crippen LogP contribution in [0.1, 0.15) is 30.4 Å². The maximum atomic E-state index is 12.3. The Hall–Kier alpha value is -2.29. The van der Waals surface area contributed by atoms with Crippen molar-refractivity contribution in [3.8, 4) is 11.5 Å². The average Bonchev–Trinajstić information content (AvgIpc) is 2.59. The summed E-state index contributed by atoms with van der Waals surface area (Å²) in [5, 5.41) is 0. The number of methoxy groups -OCH3 is 2. The molecule has 0 radical (unpaired) electrons. The zero-order valence-electron chi connectivity index (χ0n) is 13.3. The van der Waals surface area contributed by atoms with Gasteiger partial charge in [0.15, 0.2) is 0 Å². The first-order chi connectivity index (χ1) is 10.6. The van der Waals surface area contributed by atoms with Crippen molar-refractivity contribution < 1.29 is 14.3 Å². The molecule has 22 heavy (non-hydrogen) atoms. The molecule has 0 aliphatic carbocycles. The van der Waals surface area contributed by atoms with Crippen LogP contribution >= 0.6 is 0 Å². The Balaban J connectivity index is 1.92. The van der Waals surface area contributed by atoms with Gasteiger partial charge in [-0.05, 0) is 41.8 Å². The topological polar surface area (TPSA) is 35.5 Å². The zero-order valence-corrected chi connectivity index (χ0v) is 13.3. The lowest BCUT2D eigenvalue weighted by Crippen LogP contribution is -2.10. The van der Waals surface area contributed by atoms with Crippen LogP contribution in [0.3, 0.4) is 0 Å². The third-order valence-electron chi connectivity index (χ3n) is 3.92. The Labute approximate surface area is 131 Å². The Morgan fingerprint density at radius 3 is 1.91 bits per heavy atom. The summed E-state index contributed by atoms with van der Waals surface area (Å²) in [6, 6.07) is 15.5. The molecule has 3 heteroatoms. The van der Waals surface area contributed by atoms with Gasteiger partial charge in [-0.2, -0.15) is 0 Å². The number of carbonyl (C=O) groups is 1. The fourth-order valence-electron chi connectivity index (χ4n) is 2.35. The van der Waals surface area contributed by atoms with Crippen LogP contribution in [-0.2, 0) is 11.2 Å². The van der Waals surface area contributed by atoms with Crippen LogP contribution in [0, 0.1) is 0 Å². The largest absolute Gasteiger partial charge is 0.497 e. The van der Waals surface area contributed by atoms with Gasteiger partial charge < -0.3 is 9.47 Å². The fourth-order valence-corrected chi connectivity index (χ4v) is 2.35. The summed E-state index contributed by atoms with van der Waals surface area (Å²) in [7, 11) is 3.29. The molecule has 0 bridgehead atoms. The maximum absolute atomic E-state index is 12.3. The molecule has 0 N–H and O–H groups in total. The van der Waals surface area contributed by atoms with E-state index < -0.39 is 0 Å². The van der Waals surface area contributed by atoms with E-state index >= 15 is 0 Å². The Morgan fingerprint density at radius 2 is 1.41 bits per heavy atom. The monoisotopic (exact) mass is 298 g/mol. The summed E-state index contributed by atoms with van der Waals surface area (Å²) < 4.78 is 10.3. The fraction of sp³-hybridized carbons (Fsp3) is 0.316. The van der Waals surface area contributed by atoms with Crippen LogP contribution in [0.4, 0.5) is 0 Å². The van der Waals surface area contributed by atoms with Crippen molar-refractivity contribution in [3.05, 3.63) is 59.7 Å². The van der Waals surface area contributed by atoms with Gasteiger partial charge in [-0.25, -0.2) is 0 Å². The summed E-state index contributed by atoms with van der Waals surface area (Å²) in [6.45, 7) is 1.96. The van der Waals surface area contributed by atoms with Gasteiger partial charge in [-0.3, -0.25) is 4.79 Å². The number of carbonyl (C=O) groups excluding carboxylic acids is 1. The van der Waals surface area contributed by atoms with E-state index in [1.165, 1.54) is 0 Å². The molecule has 0 saturated carbocycles. The standard InChI is InChI=1S/C19H22O3/c1-14(16-7-11-18(22-3)12-8-16)19(20)13-6-15-4-9-17(21-2)10-5-15/h4-5,7-12,14H,6,13H2,1-3H3/t14-/m1/s1. The van der Waals surface area contributed by atoms with Crippen molar-refractivity contribution in [3.63, 3.8) is 0 Å². The van der Waals surface area contributed by atoms with E-state index in [1.807, 2.05) is 55.5 Å². The molecule has 0 aliphatic heterocycles. The molecule has 0 fully saturated rings. The molecule has 0 aromatic heterocycles. The first-order valence-electron chi connectivity index (χ1n) is 7.43. The molecule has 0 spiro atoms. The van der Waals surface area contributed by atoms with Gasteiger partial charge in [-0.1, -0.05) is 31.2 Å². The minimum absolute atomic E-state index is 0.0934. The Bertz CT molecular complexity index is 600. The predicted molar refractivity (Wildman–Crippen MR) is 87.7 cm³/mol. The minimum Gasteiger partial charge on any atom is -0.497 e. The average molecular weight is 298 g/mol. The van der Waals surface area contributed by atoms with E-state index in [-0.39, 0.29) is 11.7 Å². The van der Waals surface area contributed by atoms with Crippen LogP contribution in [0.5, 0.6) is 11.5 Å². The van der Waals surface area contributed by atoms with Gasteiger partial charge in [0.2, 0.25) is 0 Å². The van der Waals surface area contributed by atoms with E-state index in [2.05, 4.69) is 0 Å². The molecule has 116 valence electrons. The van der Waals surface area contributed by atoms with Crippen LogP contribution in [0.2, 0.25) is 0 Å². The highest BCUT2D eigenvalue weighted by Gasteiger charge is 2.15. The predicted octanol–water partition coefficient (Wildman–Crippen LogP) is 4.01. The summed E-state index contributed by atoms with van der Waals surface area (Å²) in [5.74, 6) is 1.80. The van der Waals surface area contributed by atoms with Gasteiger partial charge in [-0.15, -0.1) is 0 Å². The number of benzene rings is 2. The quantitative estimate of drug-likeness (QED) is 0.775. The van der Waals surface area contributed by atoms with E-state index in [1.54, 1.807) is 14.2 Å². The molecule has 0 saturated heterocycles. The second-order valence-corrected chi connectivity index (χ2v) is 5.31. The number of Topliss-reactive ketones (excluding diaryl/α,β-unsaturated/α-hetero) is 1. The number of hydrogen-bond donors (Lipinski definition) is 0. The smallest absolute Gasteiger partial charge is 0.140 e. The van der Waals surface area contributed by atoms with E-state index in [0.29, 0.717) is 6.42 Å².